The van der Waals surface area contributed by atoms with Gasteiger partial charge in [-0.3, -0.25) is 0 Å². The van der Waals surface area contributed by atoms with Crippen molar-refractivity contribution in [3.63, 3.8) is 0 Å². The molecule has 1 fully saturated rings. The summed E-state index contributed by atoms with van der Waals surface area (Å²) < 4.78 is 15.9. The Morgan fingerprint density at radius 3 is 2.94 bits per heavy atom. The normalized spacial score (nSPS) is 19.4. The van der Waals surface area contributed by atoms with Gasteiger partial charge in [-0.25, -0.2) is 0 Å². The van der Waals surface area contributed by atoms with Gasteiger partial charge in [-0.1, -0.05) is 5.16 Å². The van der Waals surface area contributed by atoms with Gasteiger partial charge in [0.05, 0.1) is 6.10 Å². The van der Waals surface area contributed by atoms with E-state index >= 15 is 0 Å². The van der Waals surface area contributed by atoms with E-state index in [1.54, 1.807) is 7.11 Å². The molecule has 1 aromatic rings. The molecule has 0 radical (unpaired) electrons. The number of aromatic nitrogens is 2. The Bertz CT molecular complexity index is 336. The van der Waals surface area contributed by atoms with Gasteiger partial charge in [-0.05, 0) is 32.9 Å². The second-order valence-corrected chi connectivity index (χ2v) is 4.18. The van der Waals surface area contributed by atoms with Crippen molar-refractivity contribution in [2.75, 3.05) is 20.2 Å². The molecule has 1 aromatic heterocycles. The van der Waals surface area contributed by atoms with Crippen LogP contribution in [-0.4, -0.2) is 36.4 Å². The highest BCUT2D eigenvalue weighted by Gasteiger charge is 2.16. The molecule has 0 spiro atoms. The van der Waals surface area contributed by atoms with Crippen LogP contribution >= 0.6 is 0 Å². The minimum Gasteiger partial charge on any atom is -0.374 e. The Balaban J connectivity index is 1.80. The summed E-state index contributed by atoms with van der Waals surface area (Å²) in [7, 11) is 1.62. The highest BCUT2D eigenvalue weighted by atomic mass is 16.5. The van der Waals surface area contributed by atoms with Crippen molar-refractivity contribution in [1.29, 1.82) is 0 Å². The maximum absolute atomic E-state index is 5.72. The average Bonchev–Trinajstić information content (AvgIpc) is 2.85. The number of rotatable bonds is 5. The summed E-state index contributed by atoms with van der Waals surface area (Å²) in [6.07, 6.45) is 2.23. The van der Waals surface area contributed by atoms with Gasteiger partial charge >= 0.3 is 0 Å². The first-order valence-electron chi connectivity index (χ1n) is 5.97. The molecular formula is C11H19N3O3. The number of piperidine rings is 1. The number of methoxy groups -OCH3 is 1. The minimum atomic E-state index is -0.147. The van der Waals surface area contributed by atoms with E-state index in [9.17, 15) is 0 Å². The van der Waals surface area contributed by atoms with Crippen LogP contribution < -0.4 is 5.32 Å². The molecule has 17 heavy (non-hydrogen) atoms. The lowest BCUT2D eigenvalue weighted by Crippen LogP contribution is -2.32. The highest BCUT2D eigenvalue weighted by molar-refractivity contribution is 4.88. The van der Waals surface area contributed by atoms with Crippen LogP contribution in [0.4, 0.5) is 0 Å². The number of hydrogen-bond donors (Lipinski definition) is 1. The summed E-state index contributed by atoms with van der Waals surface area (Å²) in [4.78, 5) is 4.22. The van der Waals surface area contributed by atoms with Crippen LogP contribution in [0.1, 0.15) is 37.6 Å². The Kier molecular flexibility index (Phi) is 4.47. The van der Waals surface area contributed by atoms with Gasteiger partial charge in [-0.15, -0.1) is 0 Å². The molecule has 6 nitrogen and oxygen atoms in total. The lowest BCUT2D eigenvalue weighted by atomic mass is 10.1. The number of nitrogens with one attached hydrogen (secondary N) is 1. The molecule has 0 saturated carbocycles. The molecule has 0 bridgehead atoms. The zero-order valence-electron chi connectivity index (χ0n) is 10.3. The van der Waals surface area contributed by atoms with Crippen molar-refractivity contribution in [2.45, 2.75) is 38.6 Å². The fraction of sp³-hybridized carbons (Fsp3) is 0.818. The first-order chi connectivity index (χ1) is 8.29. The van der Waals surface area contributed by atoms with Crippen LogP contribution in [0.2, 0.25) is 0 Å². The van der Waals surface area contributed by atoms with Crippen molar-refractivity contribution >= 4 is 0 Å². The molecule has 1 aliphatic rings. The third kappa shape index (κ3) is 3.49. The van der Waals surface area contributed by atoms with Gasteiger partial charge in [0, 0.05) is 7.11 Å². The van der Waals surface area contributed by atoms with Crippen LogP contribution in [0, 0.1) is 0 Å². The lowest BCUT2D eigenvalue weighted by Gasteiger charge is -2.21. The summed E-state index contributed by atoms with van der Waals surface area (Å²) in [6, 6.07) is 0. The fourth-order valence-electron chi connectivity index (χ4n) is 1.75. The van der Waals surface area contributed by atoms with Crippen LogP contribution in [0.3, 0.4) is 0 Å². The number of ether oxygens (including phenoxy) is 2. The van der Waals surface area contributed by atoms with E-state index in [0.717, 1.165) is 25.9 Å². The fourth-order valence-corrected chi connectivity index (χ4v) is 1.75. The third-order valence-electron chi connectivity index (χ3n) is 2.93. The van der Waals surface area contributed by atoms with Gasteiger partial charge in [0.1, 0.15) is 12.7 Å². The molecule has 0 aromatic carbocycles. The van der Waals surface area contributed by atoms with Gasteiger partial charge in [0.25, 0.3) is 5.89 Å². The van der Waals surface area contributed by atoms with Gasteiger partial charge < -0.3 is 19.3 Å². The first kappa shape index (κ1) is 12.5. The summed E-state index contributed by atoms with van der Waals surface area (Å²) in [5.74, 6) is 1.08. The Morgan fingerprint density at radius 2 is 2.24 bits per heavy atom. The van der Waals surface area contributed by atoms with Crippen molar-refractivity contribution in [3.8, 4) is 0 Å². The number of hydrogen-bond acceptors (Lipinski definition) is 6. The molecule has 0 aliphatic carbocycles. The van der Waals surface area contributed by atoms with E-state index in [1.807, 2.05) is 6.92 Å². The second kappa shape index (κ2) is 6.09. The molecule has 96 valence electrons. The molecule has 2 heterocycles. The van der Waals surface area contributed by atoms with Crippen LogP contribution in [-0.2, 0) is 16.1 Å². The van der Waals surface area contributed by atoms with E-state index < -0.39 is 0 Å². The lowest BCUT2D eigenvalue weighted by molar-refractivity contribution is 0.00859. The van der Waals surface area contributed by atoms with Gasteiger partial charge in [0.2, 0.25) is 0 Å². The quantitative estimate of drug-likeness (QED) is 0.830. The van der Waals surface area contributed by atoms with Crippen molar-refractivity contribution in [3.05, 3.63) is 11.7 Å². The van der Waals surface area contributed by atoms with Gasteiger partial charge in [0.15, 0.2) is 5.82 Å². The molecule has 1 atom stereocenters. The van der Waals surface area contributed by atoms with Crippen LogP contribution in [0.5, 0.6) is 0 Å². The molecule has 6 heteroatoms. The van der Waals surface area contributed by atoms with Crippen molar-refractivity contribution in [2.24, 2.45) is 0 Å². The minimum absolute atomic E-state index is 0.147. The maximum Gasteiger partial charge on any atom is 0.252 e. The van der Waals surface area contributed by atoms with E-state index in [2.05, 4.69) is 15.5 Å². The van der Waals surface area contributed by atoms with Crippen molar-refractivity contribution < 1.29 is 14.0 Å². The zero-order chi connectivity index (χ0) is 12.1. The predicted molar refractivity (Wildman–Crippen MR) is 60.4 cm³/mol. The first-order valence-corrected chi connectivity index (χ1v) is 5.97. The van der Waals surface area contributed by atoms with E-state index in [-0.39, 0.29) is 6.10 Å². The largest absolute Gasteiger partial charge is 0.374 e. The Labute approximate surface area is 101 Å². The molecule has 2 rings (SSSR count). The monoisotopic (exact) mass is 241 g/mol. The molecule has 1 N–H and O–H groups in total. The number of nitrogens with zero attached hydrogens (tertiary/aromatic N) is 2. The third-order valence-corrected chi connectivity index (χ3v) is 2.93. The highest BCUT2D eigenvalue weighted by Crippen LogP contribution is 2.14. The summed E-state index contributed by atoms with van der Waals surface area (Å²) in [5.41, 5.74) is 0. The molecule has 1 unspecified atom stereocenters. The summed E-state index contributed by atoms with van der Waals surface area (Å²) >= 11 is 0. The summed E-state index contributed by atoms with van der Waals surface area (Å²) in [6.45, 7) is 4.29. The summed E-state index contributed by atoms with van der Waals surface area (Å²) in [5, 5.41) is 7.14. The molecular weight excluding hydrogens is 222 g/mol. The van der Waals surface area contributed by atoms with E-state index in [0.29, 0.717) is 24.4 Å². The predicted octanol–water partition coefficient (Wildman–Crippen LogP) is 1.05. The maximum atomic E-state index is 5.72. The molecule has 0 amide bonds. The van der Waals surface area contributed by atoms with Crippen LogP contribution in [0.15, 0.2) is 4.52 Å². The van der Waals surface area contributed by atoms with E-state index in [4.69, 9.17) is 14.0 Å². The second-order valence-electron chi connectivity index (χ2n) is 4.18. The Morgan fingerprint density at radius 1 is 1.47 bits per heavy atom. The van der Waals surface area contributed by atoms with Crippen molar-refractivity contribution in [1.82, 2.24) is 15.5 Å². The topological polar surface area (TPSA) is 69.4 Å². The SMILES string of the molecule is COC(C)c1noc(COC2CCNCC2)n1. The standard InChI is InChI=1S/C11H19N3O3/c1-8(15-2)11-13-10(17-14-11)7-16-9-3-5-12-6-4-9/h8-9,12H,3-7H2,1-2H3. The molecule has 1 aliphatic heterocycles. The molecule has 1 saturated heterocycles. The zero-order valence-corrected chi connectivity index (χ0v) is 10.3. The van der Waals surface area contributed by atoms with Gasteiger partial charge in [-0.2, -0.15) is 4.98 Å². The van der Waals surface area contributed by atoms with E-state index in [1.165, 1.54) is 0 Å². The van der Waals surface area contributed by atoms with Crippen LogP contribution in [0.25, 0.3) is 0 Å². The Hall–Kier alpha value is -0.980. The average molecular weight is 241 g/mol. The smallest absolute Gasteiger partial charge is 0.252 e.